The first-order chi connectivity index (χ1) is 10.2. The van der Waals surface area contributed by atoms with Gasteiger partial charge in [0.05, 0.1) is 18.8 Å². The van der Waals surface area contributed by atoms with Crippen LogP contribution in [-0.4, -0.2) is 35.5 Å². The minimum Gasteiger partial charge on any atom is -0.368 e. The molecular weight excluding hydrogens is 264 g/mol. The maximum absolute atomic E-state index is 12.5. The largest absolute Gasteiger partial charge is 0.368 e. The Kier molecular flexibility index (Phi) is 3.97. The molecule has 0 N–H and O–H groups in total. The molecule has 108 valence electrons. The van der Waals surface area contributed by atoms with Crippen LogP contribution >= 0.6 is 0 Å². The first-order valence-corrected chi connectivity index (χ1v) is 7.12. The summed E-state index contributed by atoms with van der Waals surface area (Å²) in [6.07, 6.45) is 1.61. The molecule has 2 heterocycles. The maximum atomic E-state index is 12.5. The number of carbonyl (C=O) groups excluding carboxylic acids is 1. The molecule has 1 aliphatic rings. The summed E-state index contributed by atoms with van der Waals surface area (Å²) in [5.74, 6) is 0.0548. The van der Waals surface area contributed by atoms with Gasteiger partial charge in [-0.3, -0.25) is 9.78 Å². The lowest BCUT2D eigenvalue weighted by Crippen LogP contribution is -2.42. The van der Waals surface area contributed by atoms with Crippen LogP contribution in [0.25, 0.3) is 0 Å². The molecule has 1 aromatic heterocycles. The van der Waals surface area contributed by atoms with E-state index in [4.69, 9.17) is 4.74 Å². The Bertz CT molecular complexity index is 610. The number of hydrogen-bond acceptors (Lipinski definition) is 3. The minimum absolute atomic E-state index is 0.0548. The first kappa shape index (κ1) is 13.8. The van der Waals surface area contributed by atoms with Crippen molar-refractivity contribution in [1.82, 2.24) is 9.88 Å². The predicted octanol–water partition coefficient (Wildman–Crippen LogP) is 2.60. The highest BCUT2D eigenvalue weighted by atomic mass is 16.5. The van der Waals surface area contributed by atoms with Crippen molar-refractivity contribution in [1.29, 1.82) is 0 Å². The van der Waals surface area contributed by atoms with Crippen LogP contribution in [0, 0.1) is 6.92 Å². The Balaban J connectivity index is 1.74. The van der Waals surface area contributed by atoms with Gasteiger partial charge in [0, 0.05) is 18.3 Å². The normalized spacial score (nSPS) is 18.5. The van der Waals surface area contributed by atoms with Crippen LogP contribution < -0.4 is 0 Å². The van der Waals surface area contributed by atoms with E-state index in [0.29, 0.717) is 19.7 Å². The summed E-state index contributed by atoms with van der Waals surface area (Å²) in [5.41, 5.74) is 2.75. The zero-order chi connectivity index (χ0) is 14.7. The van der Waals surface area contributed by atoms with Crippen molar-refractivity contribution in [3.8, 4) is 0 Å². The Morgan fingerprint density at radius 3 is 2.76 bits per heavy atom. The number of amides is 1. The molecule has 1 amide bonds. The van der Waals surface area contributed by atoms with Crippen LogP contribution in [0.1, 0.15) is 27.7 Å². The van der Waals surface area contributed by atoms with Crippen molar-refractivity contribution in [3.05, 3.63) is 65.5 Å². The van der Waals surface area contributed by atoms with E-state index in [1.807, 2.05) is 54.3 Å². The second-order valence-corrected chi connectivity index (χ2v) is 5.23. The fourth-order valence-electron chi connectivity index (χ4n) is 2.46. The molecule has 0 spiro atoms. The van der Waals surface area contributed by atoms with E-state index < -0.39 is 0 Å². The van der Waals surface area contributed by atoms with E-state index in [-0.39, 0.29) is 12.0 Å². The lowest BCUT2D eigenvalue weighted by molar-refractivity contribution is -0.0247. The summed E-state index contributed by atoms with van der Waals surface area (Å²) >= 11 is 0. The number of pyridine rings is 1. The summed E-state index contributed by atoms with van der Waals surface area (Å²) in [4.78, 5) is 18.7. The second-order valence-electron chi connectivity index (χ2n) is 5.23. The highest BCUT2D eigenvalue weighted by Crippen LogP contribution is 2.21. The van der Waals surface area contributed by atoms with Gasteiger partial charge in [0.1, 0.15) is 6.10 Å². The molecule has 0 radical (unpaired) electrons. The fraction of sp³-hybridized carbons (Fsp3) is 0.294. The maximum Gasteiger partial charge on any atom is 0.254 e. The number of hydrogen-bond donors (Lipinski definition) is 0. The van der Waals surface area contributed by atoms with Crippen molar-refractivity contribution in [3.63, 3.8) is 0 Å². The Morgan fingerprint density at radius 1 is 1.24 bits per heavy atom. The van der Waals surface area contributed by atoms with Crippen molar-refractivity contribution in [2.24, 2.45) is 0 Å². The topological polar surface area (TPSA) is 42.4 Å². The molecule has 0 aliphatic carbocycles. The van der Waals surface area contributed by atoms with Gasteiger partial charge in [-0.1, -0.05) is 23.8 Å². The molecule has 21 heavy (non-hydrogen) atoms. The first-order valence-electron chi connectivity index (χ1n) is 7.12. The number of carbonyl (C=O) groups is 1. The third-order valence-corrected chi connectivity index (χ3v) is 3.67. The van der Waals surface area contributed by atoms with Crippen molar-refractivity contribution in [2.75, 3.05) is 19.7 Å². The minimum atomic E-state index is -0.144. The van der Waals surface area contributed by atoms with Gasteiger partial charge in [-0.15, -0.1) is 0 Å². The number of aryl methyl sites for hydroxylation is 1. The number of rotatable bonds is 2. The lowest BCUT2D eigenvalue weighted by atomic mass is 10.1. The molecule has 1 fully saturated rings. The lowest BCUT2D eigenvalue weighted by Gasteiger charge is -2.32. The van der Waals surface area contributed by atoms with E-state index >= 15 is 0 Å². The van der Waals surface area contributed by atoms with Gasteiger partial charge in [-0.25, -0.2) is 0 Å². The summed E-state index contributed by atoms with van der Waals surface area (Å²) in [7, 11) is 0. The number of nitrogens with zero attached hydrogens (tertiary/aromatic N) is 2. The fourth-order valence-corrected chi connectivity index (χ4v) is 2.46. The van der Waals surface area contributed by atoms with Crippen LogP contribution in [0.5, 0.6) is 0 Å². The zero-order valence-electron chi connectivity index (χ0n) is 12.0. The monoisotopic (exact) mass is 282 g/mol. The van der Waals surface area contributed by atoms with Gasteiger partial charge in [0.15, 0.2) is 0 Å². The third kappa shape index (κ3) is 3.11. The van der Waals surface area contributed by atoms with E-state index in [2.05, 4.69) is 4.98 Å². The predicted molar refractivity (Wildman–Crippen MR) is 80.0 cm³/mol. The summed E-state index contributed by atoms with van der Waals surface area (Å²) in [6.45, 7) is 3.72. The molecule has 0 saturated carbocycles. The van der Waals surface area contributed by atoms with Gasteiger partial charge in [0.25, 0.3) is 5.91 Å². The van der Waals surface area contributed by atoms with Crippen LogP contribution in [0.3, 0.4) is 0 Å². The second kappa shape index (κ2) is 6.06. The SMILES string of the molecule is Cc1ccc(C(=O)N2CCOC(c3ccccn3)C2)cc1. The molecule has 4 nitrogen and oxygen atoms in total. The quantitative estimate of drug-likeness (QED) is 0.850. The van der Waals surface area contributed by atoms with Gasteiger partial charge < -0.3 is 9.64 Å². The third-order valence-electron chi connectivity index (χ3n) is 3.67. The molecule has 1 aromatic carbocycles. The number of morpholine rings is 1. The molecule has 0 bridgehead atoms. The number of benzene rings is 1. The van der Waals surface area contributed by atoms with Crippen LogP contribution in [0.4, 0.5) is 0 Å². The highest BCUT2D eigenvalue weighted by Gasteiger charge is 2.26. The Hall–Kier alpha value is -2.20. The van der Waals surface area contributed by atoms with Crippen LogP contribution in [0.15, 0.2) is 48.7 Å². The Labute approximate surface area is 124 Å². The zero-order valence-corrected chi connectivity index (χ0v) is 12.0. The molecular formula is C17H18N2O2. The standard InChI is InChI=1S/C17H18N2O2/c1-13-5-7-14(8-6-13)17(20)19-10-11-21-16(12-19)15-4-2-3-9-18-15/h2-9,16H,10-12H2,1H3. The molecule has 1 saturated heterocycles. The number of ether oxygens (including phenoxy) is 1. The molecule has 1 aliphatic heterocycles. The van der Waals surface area contributed by atoms with Crippen molar-refractivity contribution < 1.29 is 9.53 Å². The molecule has 1 atom stereocenters. The van der Waals surface area contributed by atoms with Gasteiger partial charge in [0.2, 0.25) is 0 Å². The van der Waals surface area contributed by atoms with Gasteiger partial charge in [-0.05, 0) is 31.2 Å². The molecule has 2 aromatic rings. The van der Waals surface area contributed by atoms with E-state index in [1.54, 1.807) is 6.20 Å². The van der Waals surface area contributed by atoms with Gasteiger partial charge in [-0.2, -0.15) is 0 Å². The van der Waals surface area contributed by atoms with E-state index in [1.165, 1.54) is 0 Å². The molecule has 1 unspecified atom stereocenters. The molecule has 3 rings (SSSR count). The highest BCUT2D eigenvalue weighted by molar-refractivity contribution is 5.94. The van der Waals surface area contributed by atoms with Crippen LogP contribution in [0.2, 0.25) is 0 Å². The average molecular weight is 282 g/mol. The Morgan fingerprint density at radius 2 is 2.05 bits per heavy atom. The van der Waals surface area contributed by atoms with E-state index in [0.717, 1.165) is 16.8 Å². The van der Waals surface area contributed by atoms with Gasteiger partial charge >= 0.3 is 0 Å². The average Bonchev–Trinajstić information content (AvgIpc) is 2.56. The number of aromatic nitrogens is 1. The summed E-state index contributed by atoms with van der Waals surface area (Å²) < 4.78 is 5.74. The van der Waals surface area contributed by atoms with E-state index in [9.17, 15) is 4.79 Å². The molecule has 4 heteroatoms. The van der Waals surface area contributed by atoms with Crippen molar-refractivity contribution >= 4 is 5.91 Å². The van der Waals surface area contributed by atoms with Crippen molar-refractivity contribution in [2.45, 2.75) is 13.0 Å². The summed E-state index contributed by atoms with van der Waals surface area (Å²) in [6, 6.07) is 13.4. The smallest absolute Gasteiger partial charge is 0.254 e. The summed E-state index contributed by atoms with van der Waals surface area (Å²) in [5, 5.41) is 0. The van der Waals surface area contributed by atoms with Crippen LogP contribution in [-0.2, 0) is 4.74 Å².